The van der Waals surface area contributed by atoms with Crippen LogP contribution >= 0.6 is 0 Å². The van der Waals surface area contributed by atoms with Gasteiger partial charge in [0.15, 0.2) is 0 Å². The zero-order chi connectivity index (χ0) is 36.7. The van der Waals surface area contributed by atoms with Crippen molar-refractivity contribution in [3.63, 3.8) is 0 Å². The fraction of sp³-hybridized carbons (Fsp3) is 0.375. The van der Waals surface area contributed by atoms with E-state index in [1.807, 2.05) is 30.4 Å². The van der Waals surface area contributed by atoms with Gasteiger partial charge in [-0.05, 0) is 72.0 Å². The van der Waals surface area contributed by atoms with Gasteiger partial charge in [0.1, 0.15) is 0 Å². The lowest BCUT2D eigenvalue weighted by atomic mass is 9.78. The molecule has 0 radical (unpaired) electrons. The second-order valence-corrected chi connectivity index (χ2v) is 15.9. The number of unbranched alkanes of at least 4 members (excludes halogenated alkanes) is 1. The van der Waals surface area contributed by atoms with Crippen LogP contribution in [0.1, 0.15) is 81.8 Å². The van der Waals surface area contributed by atoms with E-state index in [0.29, 0.717) is 31.0 Å². The molecule has 3 aromatic rings. The number of amides is 2. The maximum absolute atomic E-state index is 13.0. The summed E-state index contributed by atoms with van der Waals surface area (Å²) in [6.07, 6.45) is 11.3. The molecule has 0 saturated carbocycles. The number of imide groups is 1. The number of likely N-dealkylation sites (N-methyl/N-ethyl adjacent to an activating group) is 1. The number of hydroxylamine groups is 2. The zero-order valence-electron chi connectivity index (χ0n) is 29.7. The Hall–Kier alpha value is -4.74. The predicted molar refractivity (Wildman–Crippen MR) is 197 cm³/mol. The average Bonchev–Trinajstić information content (AvgIpc) is 3.60. The van der Waals surface area contributed by atoms with Crippen molar-refractivity contribution in [1.82, 2.24) is 5.06 Å². The predicted octanol–water partition coefficient (Wildman–Crippen LogP) is 6.67. The number of allylic oxidation sites excluding steroid dienone is 5. The molecule has 0 N–H and O–H groups in total. The highest BCUT2D eigenvalue weighted by molar-refractivity contribution is 7.85. The Morgan fingerprint density at radius 3 is 2.35 bits per heavy atom. The van der Waals surface area contributed by atoms with E-state index in [0.717, 1.165) is 22.6 Å². The van der Waals surface area contributed by atoms with Crippen LogP contribution in [-0.4, -0.2) is 60.7 Å². The highest BCUT2D eigenvalue weighted by Crippen LogP contribution is 2.50. The van der Waals surface area contributed by atoms with Crippen molar-refractivity contribution < 1.29 is 32.2 Å². The van der Waals surface area contributed by atoms with Gasteiger partial charge in [-0.2, -0.15) is 0 Å². The van der Waals surface area contributed by atoms with Crippen LogP contribution in [0.25, 0.3) is 10.8 Å². The van der Waals surface area contributed by atoms with Gasteiger partial charge in [0.25, 0.3) is 11.8 Å². The number of fused-ring (bicyclic) bond motifs is 4. The molecule has 1 fully saturated rings. The van der Waals surface area contributed by atoms with E-state index in [1.54, 1.807) is 12.1 Å². The Labute approximate surface area is 299 Å². The molecular weight excluding hydrogens is 667 g/mol. The van der Waals surface area contributed by atoms with Crippen LogP contribution in [0.4, 0.5) is 11.4 Å². The summed E-state index contributed by atoms with van der Waals surface area (Å²) >= 11 is 0. The highest BCUT2D eigenvalue weighted by atomic mass is 32.2. The first-order valence-corrected chi connectivity index (χ1v) is 19.0. The van der Waals surface area contributed by atoms with E-state index in [2.05, 4.69) is 86.9 Å². The molecule has 268 valence electrons. The van der Waals surface area contributed by atoms with Crippen LogP contribution in [0.3, 0.4) is 0 Å². The molecule has 0 aromatic heterocycles. The van der Waals surface area contributed by atoms with Crippen molar-refractivity contribution in [3.8, 4) is 0 Å². The third-order valence-electron chi connectivity index (χ3n) is 10.4. The molecule has 6 rings (SSSR count). The van der Waals surface area contributed by atoms with Gasteiger partial charge in [-0.25, -0.2) is 13.2 Å². The zero-order valence-corrected chi connectivity index (χ0v) is 30.5. The molecule has 0 spiro atoms. The number of carbonyl (C=O) groups excluding carboxylic acids is 3. The highest BCUT2D eigenvalue weighted by Gasteiger charge is 2.44. The number of carbonyl (C=O) groups is 3. The first-order chi connectivity index (χ1) is 24.1. The van der Waals surface area contributed by atoms with E-state index in [4.69, 9.17) is 4.84 Å². The van der Waals surface area contributed by atoms with Crippen LogP contribution in [0.15, 0.2) is 90.7 Å². The molecule has 10 nitrogen and oxygen atoms in total. The molecule has 3 aromatic carbocycles. The van der Waals surface area contributed by atoms with Crippen molar-refractivity contribution >= 4 is 50.0 Å². The van der Waals surface area contributed by atoms with Gasteiger partial charge in [-0.15, -0.1) is 5.06 Å². The summed E-state index contributed by atoms with van der Waals surface area (Å²) in [7, 11) is -4.26. The Morgan fingerprint density at radius 1 is 0.941 bits per heavy atom. The molecule has 11 heteroatoms. The largest absolute Gasteiger partial charge is 0.748 e. The first-order valence-electron chi connectivity index (χ1n) is 17.4. The molecule has 1 atom stereocenters. The van der Waals surface area contributed by atoms with E-state index in [1.165, 1.54) is 16.3 Å². The molecule has 1 unspecified atom stereocenters. The Bertz CT molecular complexity index is 2080. The van der Waals surface area contributed by atoms with Crippen molar-refractivity contribution in [2.24, 2.45) is 0 Å². The Kier molecular flexibility index (Phi) is 9.73. The van der Waals surface area contributed by atoms with Gasteiger partial charge in [0.05, 0.1) is 21.7 Å². The Morgan fingerprint density at radius 2 is 1.65 bits per heavy atom. The summed E-state index contributed by atoms with van der Waals surface area (Å²) in [6.45, 7) is 12.1. The molecule has 0 bridgehead atoms. The van der Waals surface area contributed by atoms with Gasteiger partial charge < -0.3 is 19.2 Å². The second kappa shape index (κ2) is 13.8. The third kappa shape index (κ3) is 6.84. The lowest BCUT2D eigenvalue weighted by Crippen LogP contribution is -2.40. The molecule has 51 heavy (non-hydrogen) atoms. The van der Waals surface area contributed by atoms with Crippen LogP contribution in [0.5, 0.6) is 0 Å². The summed E-state index contributed by atoms with van der Waals surface area (Å²) in [4.78, 5) is 46.6. The number of hydrogen-bond donors (Lipinski definition) is 0. The number of nitrogens with zero attached hydrogens (tertiary/aromatic N) is 3. The summed E-state index contributed by atoms with van der Waals surface area (Å²) in [5.74, 6) is -2.16. The van der Waals surface area contributed by atoms with Crippen molar-refractivity contribution in [3.05, 3.63) is 107 Å². The fourth-order valence-corrected chi connectivity index (χ4v) is 8.40. The third-order valence-corrected chi connectivity index (χ3v) is 11.2. The quantitative estimate of drug-likeness (QED) is 0.0929. The molecule has 0 aliphatic carbocycles. The summed E-state index contributed by atoms with van der Waals surface area (Å²) in [6, 6.07) is 17.9. The van der Waals surface area contributed by atoms with Crippen LogP contribution < -0.4 is 9.80 Å². The minimum Gasteiger partial charge on any atom is -0.748 e. The lowest BCUT2D eigenvalue weighted by Gasteiger charge is -2.32. The average molecular weight is 711 g/mol. The normalized spacial score (nSPS) is 20.4. The maximum atomic E-state index is 13.0. The first kappa shape index (κ1) is 36.1. The monoisotopic (exact) mass is 710 g/mol. The van der Waals surface area contributed by atoms with Crippen LogP contribution in [0.2, 0.25) is 0 Å². The fourth-order valence-electron chi connectivity index (χ4n) is 7.85. The Balaban J connectivity index is 1.23. The van der Waals surface area contributed by atoms with Gasteiger partial charge in [-0.3, -0.25) is 9.59 Å². The number of benzene rings is 3. The maximum Gasteiger partial charge on any atom is 0.363 e. The van der Waals surface area contributed by atoms with Gasteiger partial charge >= 0.3 is 5.97 Å². The topological polar surface area (TPSA) is 127 Å². The van der Waals surface area contributed by atoms with Crippen LogP contribution in [-0.2, 0) is 35.4 Å². The summed E-state index contributed by atoms with van der Waals surface area (Å²) < 4.78 is 33.8. The molecule has 2 amide bonds. The standard InChI is InChI=1S/C40H45N3O7S/c1-6-41-31-20-19-28(38(46)50-43-35(44)22-23-36(43)45)26-30(31)39(2,3)33(41)16-8-7-9-17-34-40(4,5)37-29-15-11-10-14-27(29)18-21-32(37)42(34)24-12-13-25-51(47,48)49/h7-11,14-21,26,34H,6,12-13,22-25H2,1-5H3,(H,47,48,49)/p-1/b8-7+,17-9+,33-16-. The van der Waals surface area contributed by atoms with Crippen LogP contribution in [0, 0.1) is 0 Å². The van der Waals surface area contributed by atoms with E-state index >= 15 is 0 Å². The lowest BCUT2D eigenvalue weighted by molar-refractivity contribution is -0.172. The molecule has 3 heterocycles. The van der Waals surface area contributed by atoms with E-state index in [-0.39, 0.29) is 35.6 Å². The number of rotatable bonds is 11. The molecule has 3 aliphatic heterocycles. The SMILES string of the molecule is CCN1\C(=C/C=C/C=C/C2N(CCCCS(=O)(=O)[O-])c3ccc4ccccc4c3C2(C)C)C(C)(C)c2cc(C(=O)ON3C(=O)CCC3=O)ccc21. The van der Waals surface area contributed by atoms with E-state index < -0.39 is 33.3 Å². The summed E-state index contributed by atoms with van der Waals surface area (Å²) in [5.41, 5.74) is 4.88. The molecular formula is C40H44N3O7S-. The van der Waals surface area contributed by atoms with Crippen molar-refractivity contribution in [2.45, 2.75) is 77.2 Å². The second-order valence-electron chi connectivity index (χ2n) is 14.4. The summed E-state index contributed by atoms with van der Waals surface area (Å²) in [5, 5.41) is 2.93. The van der Waals surface area contributed by atoms with Gasteiger partial charge in [-0.1, -0.05) is 82.3 Å². The smallest absolute Gasteiger partial charge is 0.363 e. The molecule has 1 saturated heterocycles. The van der Waals surface area contributed by atoms with Gasteiger partial charge in [0, 0.05) is 59.6 Å². The van der Waals surface area contributed by atoms with E-state index in [9.17, 15) is 27.4 Å². The minimum atomic E-state index is -4.26. The number of hydrogen-bond acceptors (Lipinski definition) is 9. The van der Waals surface area contributed by atoms with Crippen molar-refractivity contribution in [1.29, 1.82) is 0 Å². The van der Waals surface area contributed by atoms with Crippen molar-refractivity contribution in [2.75, 3.05) is 28.6 Å². The molecule has 3 aliphatic rings. The van der Waals surface area contributed by atoms with Gasteiger partial charge in [0.2, 0.25) is 0 Å². The minimum absolute atomic E-state index is 0.0110. The number of anilines is 2.